The van der Waals surface area contributed by atoms with Gasteiger partial charge in [-0.15, -0.1) is 24.0 Å². The number of halogens is 3. The fraction of sp³-hybridized carbons (Fsp3) is 0.611. The maximum absolute atomic E-state index is 13.9. The molecule has 1 atom stereocenters. The predicted octanol–water partition coefficient (Wildman–Crippen LogP) is 2.38. The van der Waals surface area contributed by atoms with Gasteiger partial charge in [-0.25, -0.2) is 8.78 Å². The predicted molar refractivity (Wildman–Crippen MR) is 114 cm³/mol. The summed E-state index contributed by atoms with van der Waals surface area (Å²) in [5.41, 5.74) is 0.437. The Kier molecular flexibility index (Phi) is 11.5. The van der Waals surface area contributed by atoms with Crippen molar-refractivity contribution in [3.63, 3.8) is 0 Å². The number of aliphatic imine (C=N–C) groups is 1. The Labute approximate surface area is 176 Å². The number of nitrogens with zero attached hydrogens (tertiary/aromatic N) is 2. The van der Waals surface area contributed by atoms with E-state index < -0.39 is 11.6 Å². The van der Waals surface area contributed by atoms with Crippen molar-refractivity contribution in [1.29, 1.82) is 0 Å². The molecule has 9 heteroatoms. The van der Waals surface area contributed by atoms with Gasteiger partial charge < -0.3 is 25.0 Å². The van der Waals surface area contributed by atoms with Gasteiger partial charge in [0.1, 0.15) is 11.6 Å². The molecule has 1 aliphatic rings. The number of ether oxygens (including phenoxy) is 2. The van der Waals surface area contributed by atoms with Crippen molar-refractivity contribution >= 4 is 35.6 Å². The second kappa shape index (κ2) is 13.1. The Morgan fingerprint density at radius 3 is 2.81 bits per heavy atom. The average Bonchev–Trinajstić information content (AvgIpc) is 3.08. The third-order valence-corrected chi connectivity index (χ3v) is 4.19. The van der Waals surface area contributed by atoms with E-state index >= 15 is 0 Å². The van der Waals surface area contributed by atoms with Gasteiger partial charge >= 0.3 is 0 Å². The number of rotatable bonds is 9. The highest BCUT2D eigenvalue weighted by Crippen LogP contribution is 2.24. The van der Waals surface area contributed by atoms with E-state index in [1.54, 1.807) is 14.2 Å². The molecule has 1 aromatic rings. The van der Waals surface area contributed by atoms with Gasteiger partial charge in [0, 0.05) is 52.5 Å². The van der Waals surface area contributed by atoms with Crippen molar-refractivity contribution in [2.75, 3.05) is 58.5 Å². The van der Waals surface area contributed by atoms with Crippen LogP contribution in [0.25, 0.3) is 0 Å². The average molecular weight is 498 g/mol. The van der Waals surface area contributed by atoms with Gasteiger partial charge in [-0.3, -0.25) is 4.99 Å². The Morgan fingerprint density at radius 2 is 2.11 bits per heavy atom. The molecule has 0 spiro atoms. The molecule has 6 nitrogen and oxygen atoms in total. The van der Waals surface area contributed by atoms with Crippen LogP contribution in [0.5, 0.6) is 0 Å². The van der Waals surface area contributed by atoms with E-state index in [9.17, 15) is 8.78 Å². The molecule has 154 valence electrons. The number of hydrogen-bond acceptors (Lipinski definition) is 4. The summed E-state index contributed by atoms with van der Waals surface area (Å²) in [6.45, 7) is 3.96. The fourth-order valence-electron chi connectivity index (χ4n) is 2.85. The number of nitrogens with one attached hydrogen (secondary N) is 2. The fourth-order valence-corrected chi connectivity index (χ4v) is 2.85. The van der Waals surface area contributed by atoms with E-state index in [0.717, 1.165) is 25.5 Å². The minimum atomic E-state index is -0.559. The topological polar surface area (TPSA) is 58.1 Å². The zero-order valence-corrected chi connectivity index (χ0v) is 18.2. The van der Waals surface area contributed by atoms with Crippen LogP contribution < -0.4 is 15.5 Å². The molecule has 27 heavy (non-hydrogen) atoms. The Balaban J connectivity index is 0.00000364. The van der Waals surface area contributed by atoms with Crippen LogP contribution in [0.15, 0.2) is 23.2 Å². The molecular formula is C18H29F2IN4O2. The van der Waals surface area contributed by atoms with Crippen LogP contribution in [-0.4, -0.2) is 65.6 Å². The molecule has 0 aromatic heterocycles. The summed E-state index contributed by atoms with van der Waals surface area (Å²) in [5, 5.41) is 6.59. The van der Waals surface area contributed by atoms with E-state index in [0.29, 0.717) is 44.6 Å². The Morgan fingerprint density at radius 1 is 1.30 bits per heavy atom. The first-order valence-electron chi connectivity index (χ1n) is 8.88. The second-order valence-electron chi connectivity index (χ2n) is 6.13. The molecule has 2 rings (SSSR count). The van der Waals surface area contributed by atoms with Crippen LogP contribution in [0.4, 0.5) is 14.5 Å². The van der Waals surface area contributed by atoms with Gasteiger partial charge in [-0.2, -0.15) is 0 Å². The molecule has 0 amide bonds. The maximum atomic E-state index is 13.9. The highest BCUT2D eigenvalue weighted by atomic mass is 127. The molecule has 2 N–H and O–H groups in total. The number of anilines is 1. The van der Waals surface area contributed by atoms with Crippen molar-refractivity contribution in [1.82, 2.24) is 10.6 Å². The van der Waals surface area contributed by atoms with Crippen molar-refractivity contribution in [3.8, 4) is 0 Å². The summed E-state index contributed by atoms with van der Waals surface area (Å²) in [5.74, 6) is -0.370. The van der Waals surface area contributed by atoms with Crippen molar-refractivity contribution in [2.24, 2.45) is 4.99 Å². The first-order chi connectivity index (χ1) is 12.6. The Bertz CT molecular complexity index is 592. The van der Waals surface area contributed by atoms with Gasteiger partial charge in [0.15, 0.2) is 5.96 Å². The quantitative estimate of drug-likeness (QED) is 0.237. The van der Waals surface area contributed by atoms with Gasteiger partial charge in [0.2, 0.25) is 0 Å². The van der Waals surface area contributed by atoms with Crippen molar-refractivity contribution < 1.29 is 18.3 Å². The first-order valence-corrected chi connectivity index (χ1v) is 8.88. The van der Waals surface area contributed by atoms with E-state index in [4.69, 9.17) is 9.47 Å². The maximum Gasteiger partial charge on any atom is 0.191 e. The van der Waals surface area contributed by atoms with Crippen LogP contribution in [0, 0.1) is 11.6 Å². The van der Waals surface area contributed by atoms with Gasteiger partial charge in [0.05, 0.1) is 18.9 Å². The van der Waals surface area contributed by atoms with E-state index in [2.05, 4.69) is 15.6 Å². The van der Waals surface area contributed by atoms with E-state index in [1.807, 2.05) is 4.90 Å². The molecule has 0 aliphatic carbocycles. The van der Waals surface area contributed by atoms with Gasteiger partial charge in [-0.1, -0.05) is 0 Å². The molecule has 1 aliphatic heterocycles. The summed E-state index contributed by atoms with van der Waals surface area (Å²) in [6.07, 6.45) is 1.72. The monoisotopic (exact) mass is 498 g/mol. The third kappa shape index (κ3) is 8.14. The van der Waals surface area contributed by atoms with Crippen LogP contribution in [0.3, 0.4) is 0 Å². The molecule has 1 unspecified atom stereocenters. The largest absolute Gasteiger partial charge is 0.382 e. The molecule has 1 heterocycles. The summed E-state index contributed by atoms with van der Waals surface area (Å²) in [6, 6.07) is 3.85. The highest BCUT2D eigenvalue weighted by Gasteiger charge is 2.25. The smallest absolute Gasteiger partial charge is 0.191 e. The van der Waals surface area contributed by atoms with Gasteiger partial charge in [-0.05, 0) is 25.0 Å². The third-order valence-electron chi connectivity index (χ3n) is 4.19. The lowest BCUT2D eigenvalue weighted by Gasteiger charge is -2.21. The SMILES string of the molecule is CN=C(NCCCOCCOC)NC1CCN(c2ccc(F)cc2F)C1.I. The molecule has 1 fully saturated rings. The lowest BCUT2D eigenvalue weighted by atomic mass is 10.2. The van der Waals surface area contributed by atoms with Crippen LogP contribution in [0.1, 0.15) is 12.8 Å². The number of guanidine groups is 1. The van der Waals surface area contributed by atoms with E-state index in [1.165, 1.54) is 12.1 Å². The zero-order chi connectivity index (χ0) is 18.8. The second-order valence-corrected chi connectivity index (χ2v) is 6.13. The molecule has 1 aromatic carbocycles. The van der Waals surface area contributed by atoms with Crippen molar-refractivity contribution in [3.05, 3.63) is 29.8 Å². The van der Waals surface area contributed by atoms with Crippen LogP contribution >= 0.6 is 24.0 Å². The number of hydrogen-bond donors (Lipinski definition) is 2. The Hall–Kier alpha value is -1.20. The molecule has 1 saturated heterocycles. The summed E-state index contributed by atoms with van der Waals surface area (Å²) in [7, 11) is 3.37. The molecule has 0 saturated carbocycles. The normalized spacial score (nSPS) is 17.0. The number of methoxy groups -OCH3 is 1. The van der Waals surface area contributed by atoms with Gasteiger partial charge in [0.25, 0.3) is 0 Å². The number of benzene rings is 1. The van der Waals surface area contributed by atoms with E-state index in [-0.39, 0.29) is 30.0 Å². The molecule has 0 radical (unpaired) electrons. The first kappa shape index (κ1) is 23.8. The minimum Gasteiger partial charge on any atom is -0.382 e. The summed E-state index contributed by atoms with van der Waals surface area (Å²) >= 11 is 0. The standard InChI is InChI=1S/C18H28F2N4O2.HI/c1-21-18(22-7-3-9-26-11-10-25-2)23-15-6-8-24(13-15)17-5-4-14(19)12-16(17)20;/h4-5,12,15H,3,6-11,13H2,1-2H3,(H2,21,22,23);1H. The van der Waals surface area contributed by atoms with Crippen LogP contribution in [-0.2, 0) is 9.47 Å². The highest BCUT2D eigenvalue weighted by molar-refractivity contribution is 14.0. The van der Waals surface area contributed by atoms with Crippen molar-refractivity contribution in [2.45, 2.75) is 18.9 Å². The van der Waals surface area contributed by atoms with Crippen LogP contribution in [0.2, 0.25) is 0 Å². The molecule has 0 bridgehead atoms. The minimum absolute atomic E-state index is 0. The lowest BCUT2D eigenvalue weighted by molar-refractivity contribution is 0.0698. The summed E-state index contributed by atoms with van der Waals surface area (Å²) < 4.78 is 37.3. The lowest BCUT2D eigenvalue weighted by Crippen LogP contribution is -2.45. The summed E-state index contributed by atoms with van der Waals surface area (Å²) in [4.78, 5) is 6.14. The molecular weight excluding hydrogens is 469 g/mol. The zero-order valence-electron chi connectivity index (χ0n) is 15.8.